The van der Waals surface area contributed by atoms with Crippen molar-refractivity contribution in [3.8, 4) is 17.4 Å². The lowest BCUT2D eigenvalue weighted by molar-refractivity contribution is -0.142. The molecule has 62 heavy (non-hydrogen) atoms. The first-order chi connectivity index (χ1) is 29.9. The predicted octanol–water partition coefficient (Wildman–Crippen LogP) is 4.61. The van der Waals surface area contributed by atoms with Crippen LogP contribution in [-0.4, -0.2) is 122 Å². The number of allylic oxidation sites excluding steroid dienone is 1. The molecule has 3 N–H and O–H groups in total. The molecule has 5 atom stereocenters. The molecular formula is C45H60N6O10S. The minimum Gasteiger partial charge on any atom is -0.496 e. The number of rotatable bonds is 10. The first-order valence-corrected chi connectivity index (χ1v) is 23.9. The fraction of sp³-hybridized carbons (Fsp3) is 0.622. The summed E-state index contributed by atoms with van der Waals surface area (Å²) in [5.41, 5.74) is -0.183. The van der Waals surface area contributed by atoms with Crippen molar-refractivity contribution in [1.82, 2.24) is 30.1 Å². The van der Waals surface area contributed by atoms with Gasteiger partial charge < -0.3 is 39.4 Å². The quantitative estimate of drug-likeness (QED) is 0.283. The summed E-state index contributed by atoms with van der Waals surface area (Å²) < 4.78 is 52.7. The third-order valence-corrected chi connectivity index (χ3v) is 15.2. The van der Waals surface area contributed by atoms with E-state index in [4.69, 9.17) is 23.9 Å². The second-order valence-electron chi connectivity index (χ2n) is 17.6. The number of aromatic nitrogens is 1. The first kappa shape index (κ1) is 43.7. The number of hydrogen-bond donors (Lipinski definition) is 3. The first-order valence-electron chi connectivity index (χ1n) is 22.4. The summed E-state index contributed by atoms with van der Waals surface area (Å²) in [6.07, 6.45) is 13.3. The summed E-state index contributed by atoms with van der Waals surface area (Å²) in [5.74, 6) is -1.17. The third kappa shape index (κ3) is 9.38. The molecule has 17 heteroatoms. The molecule has 9 rings (SSSR count). The van der Waals surface area contributed by atoms with Crippen molar-refractivity contribution in [3.05, 3.63) is 42.5 Å². The number of benzene rings is 1. The minimum absolute atomic E-state index is 0.00438. The Kier molecular flexibility index (Phi) is 13.0. The van der Waals surface area contributed by atoms with Gasteiger partial charge in [-0.1, -0.05) is 37.5 Å². The van der Waals surface area contributed by atoms with Crippen LogP contribution < -0.4 is 29.6 Å². The average Bonchev–Trinajstić information content (AvgIpc) is 4.20. The zero-order valence-corrected chi connectivity index (χ0v) is 36.6. The SMILES string of the molecule is C=C[C@@H]1C[C@]1(NC(=O)[C@@H]1C[C@@H]2CN1C(=O)[C@H](C1CCCCC1)NC(=O)N1CCC(CC1)OCCC/C=C\c1cc3c(cc(OCC)nc3cc1OC)O2)C(=O)NS(=O)(=O)C1CC1. The maximum atomic E-state index is 15.2. The maximum absolute atomic E-state index is 15.2. The number of nitrogens with one attached hydrogen (secondary N) is 3. The van der Waals surface area contributed by atoms with Gasteiger partial charge in [0.05, 0.1) is 37.1 Å². The third-order valence-electron chi connectivity index (χ3n) is 13.3. The summed E-state index contributed by atoms with van der Waals surface area (Å²) >= 11 is 0. The maximum Gasteiger partial charge on any atom is 0.318 e. The number of hydrogen-bond acceptors (Lipinski definition) is 11. The van der Waals surface area contributed by atoms with Crippen LogP contribution in [0.1, 0.15) is 96.0 Å². The van der Waals surface area contributed by atoms with Crippen LogP contribution in [0.4, 0.5) is 4.79 Å². The van der Waals surface area contributed by atoms with Crippen molar-refractivity contribution in [2.75, 3.05) is 40.0 Å². The smallest absolute Gasteiger partial charge is 0.318 e. The van der Waals surface area contributed by atoms with E-state index in [-0.39, 0.29) is 37.4 Å². The number of methoxy groups -OCH3 is 1. The van der Waals surface area contributed by atoms with Gasteiger partial charge in [0.2, 0.25) is 27.7 Å². The molecule has 0 spiro atoms. The highest BCUT2D eigenvalue weighted by Crippen LogP contribution is 2.46. The fourth-order valence-electron chi connectivity index (χ4n) is 9.56. The number of carbonyl (C=O) groups is 4. The van der Waals surface area contributed by atoms with Crippen LogP contribution in [0.15, 0.2) is 36.9 Å². The number of amides is 5. The second kappa shape index (κ2) is 18.4. The van der Waals surface area contributed by atoms with Crippen LogP contribution in [0.2, 0.25) is 0 Å². The molecule has 7 aliphatic rings. The topological polar surface area (TPSA) is 195 Å². The Morgan fingerprint density at radius 1 is 1.05 bits per heavy atom. The standard InChI is InChI=1S/C45H60N6O10S/c1-4-30-26-45(30,43(54)49-62(56,57)33-15-16-33)48-41(52)36-23-32-27-51(36)42(53)40(28-12-8-6-9-13-28)47-44(55)50-19-17-31(18-20-50)60-21-11-7-10-14-29-22-34-35(24-37(29)58-3)46-39(59-5-2)25-38(34)61-32/h4,10,14,22,24-25,28,30-33,36,40H,1,5-9,11-13,15-21,23,26-27H2,2-3H3,(H,47,55)(H,48,52)(H,49,54)/b14-10-/t30-,32-,36+,40+,45-/m1/s1. The van der Waals surface area contributed by atoms with Crippen LogP contribution in [0, 0.1) is 11.8 Å². The van der Waals surface area contributed by atoms with Crippen molar-refractivity contribution >= 4 is 50.8 Å². The number of fused-ring (bicyclic) bond motifs is 9. The van der Waals surface area contributed by atoms with Crippen molar-refractivity contribution in [2.24, 2.45) is 11.8 Å². The molecule has 2 saturated heterocycles. The summed E-state index contributed by atoms with van der Waals surface area (Å²) in [4.78, 5) is 65.6. The van der Waals surface area contributed by atoms with Crippen molar-refractivity contribution in [2.45, 2.75) is 125 Å². The summed E-state index contributed by atoms with van der Waals surface area (Å²) in [5, 5.41) is 6.04. The van der Waals surface area contributed by atoms with Gasteiger partial charge in [-0.15, -0.1) is 6.58 Å². The molecule has 0 unspecified atom stereocenters. The van der Waals surface area contributed by atoms with Gasteiger partial charge in [-0.05, 0) is 76.7 Å². The van der Waals surface area contributed by atoms with Gasteiger partial charge in [-0.3, -0.25) is 19.1 Å². The molecule has 5 heterocycles. The van der Waals surface area contributed by atoms with Crippen molar-refractivity contribution in [3.63, 3.8) is 0 Å². The molecule has 2 aromatic rings. The normalized spacial score (nSPS) is 29.2. The molecule has 0 radical (unpaired) electrons. The van der Waals surface area contributed by atoms with E-state index in [1.165, 1.54) is 11.0 Å². The highest BCUT2D eigenvalue weighted by molar-refractivity contribution is 7.91. The fourth-order valence-corrected chi connectivity index (χ4v) is 10.9. The summed E-state index contributed by atoms with van der Waals surface area (Å²) in [6.45, 7) is 7.59. The summed E-state index contributed by atoms with van der Waals surface area (Å²) in [7, 11) is -2.31. The van der Waals surface area contributed by atoms with Crippen molar-refractivity contribution < 1.29 is 46.5 Å². The zero-order chi connectivity index (χ0) is 43.6. The van der Waals surface area contributed by atoms with E-state index in [2.05, 4.69) is 28.0 Å². The van der Waals surface area contributed by atoms with Gasteiger partial charge in [0.1, 0.15) is 35.2 Å². The second-order valence-corrected chi connectivity index (χ2v) is 19.6. The lowest BCUT2D eigenvalue weighted by Crippen LogP contribution is -2.60. The van der Waals surface area contributed by atoms with E-state index < -0.39 is 62.6 Å². The number of nitrogens with zero attached hydrogens (tertiary/aromatic N) is 3. The largest absolute Gasteiger partial charge is 0.496 e. The lowest BCUT2D eigenvalue weighted by Gasteiger charge is -2.37. The Balaban J connectivity index is 1.16. The molecular weight excluding hydrogens is 817 g/mol. The van der Waals surface area contributed by atoms with Crippen LogP contribution in [0.3, 0.4) is 0 Å². The zero-order valence-electron chi connectivity index (χ0n) is 35.8. The Hall–Kier alpha value is -4.90. The van der Waals surface area contributed by atoms with Gasteiger partial charge in [0.25, 0.3) is 5.91 Å². The highest BCUT2D eigenvalue weighted by Gasteiger charge is 2.62. The molecule has 5 amide bonds. The highest BCUT2D eigenvalue weighted by atomic mass is 32.2. The van der Waals surface area contributed by atoms with Gasteiger partial charge >= 0.3 is 6.03 Å². The summed E-state index contributed by atoms with van der Waals surface area (Å²) in [6, 6.07) is 3.10. The lowest BCUT2D eigenvalue weighted by atomic mass is 9.83. The van der Waals surface area contributed by atoms with Gasteiger partial charge in [0.15, 0.2) is 0 Å². The van der Waals surface area contributed by atoms with E-state index in [0.717, 1.165) is 50.5 Å². The van der Waals surface area contributed by atoms with Crippen molar-refractivity contribution in [1.29, 1.82) is 0 Å². The molecule has 4 aliphatic heterocycles. The van der Waals surface area contributed by atoms with Crippen LogP contribution in [0.25, 0.3) is 17.0 Å². The number of urea groups is 1. The van der Waals surface area contributed by atoms with E-state index in [9.17, 15) is 22.8 Å². The predicted molar refractivity (Wildman–Crippen MR) is 231 cm³/mol. The number of piperidine rings is 1. The van der Waals surface area contributed by atoms with Crippen LogP contribution >= 0.6 is 0 Å². The van der Waals surface area contributed by atoms with E-state index in [1.54, 1.807) is 18.1 Å². The molecule has 1 aromatic carbocycles. The molecule has 16 nitrogen and oxygen atoms in total. The van der Waals surface area contributed by atoms with Gasteiger partial charge in [-0.2, -0.15) is 0 Å². The van der Waals surface area contributed by atoms with Gasteiger partial charge in [-0.25, -0.2) is 18.2 Å². The average molecular weight is 877 g/mol. The number of ether oxygens (including phenoxy) is 4. The molecule has 3 saturated carbocycles. The van der Waals surface area contributed by atoms with E-state index in [0.29, 0.717) is 80.3 Å². The molecule has 3 aliphatic carbocycles. The number of pyridine rings is 1. The molecule has 6 bridgehead atoms. The van der Waals surface area contributed by atoms with E-state index in [1.807, 2.05) is 25.1 Å². The number of carbonyl (C=O) groups excluding carboxylic acids is 4. The monoisotopic (exact) mass is 876 g/mol. The van der Waals surface area contributed by atoms with E-state index >= 15 is 4.79 Å². The Morgan fingerprint density at radius 2 is 1.82 bits per heavy atom. The molecule has 5 fully saturated rings. The molecule has 336 valence electrons. The Bertz CT molecular complexity index is 2180. The van der Waals surface area contributed by atoms with Crippen LogP contribution in [0.5, 0.6) is 17.4 Å². The molecule has 1 aromatic heterocycles. The number of sulfonamides is 1. The van der Waals surface area contributed by atoms with Crippen LogP contribution in [-0.2, 0) is 29.1 Å². The minimum atomic E-state index is -3.92. The Labute approximate surface area is 363 Å². The Morgan fingerprint density at radius 3 is 2.52 bits per heavy atom. The van der Waals surface area contributed by atoms with Gasteiger partial charge in [0, 0.05) is 55.1 Å².